The molecule has 1 saturated heterocycles. The van der Waals surface area contributed by atoms with E-state index < -0.39 is 0 Å². The van der Waals surface area contributed by atoms with Crippen molar-refractivity contribution in [2.45, 2.75) is 13.0 Å². The van der Waals surface area contributed by atoms with Crippen LogP contribution in [0.4, 0.5) is 4.79 Å². The van der Waals surface area contributed by atoms with E-state index in [0.717, 1.165) is 13.1 Å². The van der Waals surface area contributed by atoms with Crippen molar-refractivity contribution < 1.29 is 4.79 Å². The Labute approximate surface area is 96.5 Å². The average molecular weight is 227 g/mol. The van der Waals surface area contributed by atoms with Gasteiger partial charge in [0.1, 0.15) is 5.84 Å². The third-order valence-electron chi connectivity index (χ3n) is 2.97. The molecule has 1 aliphatic rings. The van der Waals surface area contributed by atoms with Crippen LogP contribution >= 0.6 is 0 Å². The van der Waals surface area contributed by atoms with Gasteiger partial charge in [-0.2, -0.15) is 0 Å². The minimum atomic E-state index is -0.0309. The van der Waals surface area contributed by atoms with Crippen LogP contribution in [0, 0.1) is 5.41 Å². The van der Waals surface area contributed by atoms with Gasteiger partial charge in [0.05, 0.1) is 6.04 Å². The summed E-state index contributed by atoms with van der Waals surface area (Å²) in [5.41, 5.74) is 5.46. The van der Waals surface area contributed by atoms with Gasteiger partial charge in [0.15, 0.2) is 0 Å². The second kappa shape index (κ2) is 5.16. The Morgan fingerprint density at radius 1 is 1.31 bits per heavy atom. The van der Waals surface area contributed by atoms with Crippen LogP contribution in [0.5, 0.6) is 0 Å². The molecule has 0 saturated carbocycles. The smallest absolute Gasteiger partial charge is 0.319 e. The molecule has 0 aromatic rings. The number of carbonyl (C=O) groups excluding carboxylic acids is 1. The lowest BCUT2D eigenvalue weighted by Gasteiger charge is -2.38. The third-order valence-corrected chi connectivity index (χ3v) is 2.97. The molecule has 1 unspecified atom stereocenters. The van der Waals surface area contributed by atoms with Crippen molar-refractivity contribution in [2.75, 3.05) is 40.3 Å². The van der Waals surface area contributed by atoms with Gasteiger partial charge in [0.2, 0.25) is 0 Å². The summed E-state index contributed by atoms with van der Waals surface area (Å²) in [4.78, 5) is 17.2. The van der Waals surface area contributed by atoms with Crippen LogP contribution in [0.3, 0.4) is 0 Å². The lowest BCUT2D eigenvalue weighted by molar-refractivity contribution is 0.116. The fraction of sp³-hybridized carbons (Fsp3) is 0.800. The summed E-state index contributed by atoms with van der Waals surface area (Å²) in [6.07, 6.45) is 0. The summed E-state index contributed by atoms with van der Waals surface area (Å²) in [6.45, 7) is 4.88. The summed E-state index contributed by atoms with van der Waals surface area (Å²) in [5.74, 6) is 0.187. The highest BCUT2D eigenvalue weighted by molar-refractivity contribution is 5.82. The minimum absolute atomic E-state index is 0.0309. The predicted molar refractivity (Wildman–Crippen MR) is 63.6 cm³/mol. The second-order valence-electron chi connectivity index (χ2n) is 4.33. The molecule has 3 N–H and O–H groups in total. The molecule has 1 rings (SSSR count). The Morgan fingerprint density at radius 2 is 1.81 bits per heavy atom. The zero-order chi connectivity index (χ0) is 12.3. The molecule has 6 heteroatoms. The molecule has 2 amide bonds. The lowest BCUT2D eigenvalue weighted by atomic mass is 10.2. The molecule has 1 atom stereocenters. The lowest BCUT2D eigenvalue weighted by Crippen LogP contribution is -2.55. The van der Waals surface area contributed by atoms with Gasteiger partial charge in [-0.1, -0.05) is 0 Å². The van der Waals surface area contributed by atoms with Crippen molar-refractivity contribution in [1.82, 2.24) is 14.7 Å². The SMILES string of the molecule is CC(C(=N)N)N1CCN(C(=O)N(C)C)CC1. The number of nitrogens with two attached hydrogens (primary N) is 1. The number of hydrogen-bond acceptors (Lipinski definition) is 3. The number of rotatable bonds is 2. The monoisotopic (exact) mass is 227 g/mol. The fourth-order valence-electron chi connectivity index (χ4n) is 1.78. The minimum Gasteiger partial charge on any atom is -0.386 e. The summed E-state index contributed by atoms with van der Waals surface area (Å²) in [5, 5.41) is 7.39. The van der Waals surface area contributed by atoms with Gasteiger partial charge in [-0.15, -0.1) is 0 Å². The molecule has 1 heterocycles. The number of urea groups is 1. The number of carbonyl (C=O) groups is 1. The van der Waals surface area contributed by atoms with Gasteiger partial charge < -0.3 is 15.5 Å². The van der Waals surface area contributed by atoms with Crippen LogP contribution in [-0.2, 0) is 0 Å². The largest absolute Gasteiger partial charge is 0.386 e. The number of hydrogen-bond donors (Lipinski definition) is 2. The van der Waals surface area contributed by atoms with Gasteiger partial charge in [-0.3, -0.25) is 10.3 Å². The maximum absolute atomic E-state index is 11.7. The van der Waals surface area contributed by atoms with Crippen molar-refractivity contribution in [3.63, 3.8) is 0 Å². The van der Waals surface area contributed by atoms with Crippen LogP contribution in [0.1, 0.15) is 6.92 Å². The molecule has 0 aliphatic carbocycles. The van der Waals surface area contributed by atoms with Crippen molar-refractivity contribution >= 4 is 11.9 Å². The van der Waals surface area contributed by atoms with Crippen LogP contribution in [0.2, 0.25) is 0 Å². The molecule has 0 aromatic carbocycles. The Hall–Kier alpha value is -1.30. The molecule has 0 radical (unpaired) electrons. The van der Waals surface area contributed by atoms with Crippen LogP contribution in [0.25, 0.3) is 0 Å². The fourth-order valence-corrected chi connectivity index (χ4v) is 1.78. The molecule has 92 valence electrons. The average Bonchev–Trinajstić information content (AvgIpc) is 2.27. The van der Waals surface area contributed by atoms with Gasteiger partial charge >= 0.3 is 6.03 Å². The maximum Gasteiger partial charge on any atom is 0.319 e. The Bertz CT molecular complexity index is 270. The Morgan fingerprint density at radius 3 is 2.19 bits per heavy atom. The summed E-state index contributed by atoms with van der Waals surface area (Å²) in [7, 11) is 3.51. The first-order chi connectivity index (χ1) is 7.43. The number of amidine groups is 1. The molecule has 1 fully saturated rings. The van der Waals surface area contributed by atoms with Crippen molar-refractivity contribution in [3.8, 4) is 0 Å². The Kier molecular flexibility index (Phi) is 4.12. The highest BCUT2D eigenvalue weighted by Gasteiger charge is 2.25. The van der Waals surface area contributed by atoms with Crippen molar-refractivity contribution in [1.29, 1.82) is 5.41 Å². The molecule has 0 spiro atoms. The van der Waals surface area contributed by atoms with Gasteiger partial charge in [0, 0.05) is 40.3 Å². The first-order valence-electron chi connectivity index (χ1n) is 5.47. The third kappa shape index (κ3) is 2.85. The normalized spacial score (nSPS) is 19.3. The number of nitrogens with one attached hydrogen (secondary N) is 1. The van der Waals surface area contributed by atoms with E-state index in [-0.39, 0.29) is 17.9 Å². The summed E-state index contributed by atoms with van der Waals surface area (Å²) >= 11 is 0. The van der Waals surface area contributed by atoms with E-state index >= 15 is 0 Å². The summed E-state index contributed by atoms with van der Waals surface area (Å²) < 4.78 is 0. The summed E-state index contributed by atoms with van der Waals surface area (Å²) in [6, 6.07) is 0.0201. The Balaban J connectivity index is 2.45. The number of piperazine rings is 1. The number of amides is 2. The van der Waals surface area contributed by atoms with Crippen LogP contribution in [0.15, 0.2) is 0 Å². The standard InChI is InChI=1S/C10H21N5O/c1-8(9(11)12)14-4-6-15(7-5-14)10(16)13(2)3/h8H,4-7H2,1-3H3,(H3,11,12). The van der Waals surface area contributed by atoms with E-state index in [0.29, 0.717) is 13.1 Å². The quantitative estimate of drug-likeness (QED) is 0.498. The first kappa shape index (κ1) is 12.8. The van der Waals surface area contributed by atoms with Crippen LogP contribution < -0.4 is 5.73 Å². The first-order valence-corrected chi connectivity index (χ1v) is 5.47. The molecular formula is C10H21N5O. The van der Waals surface area contributed by atoms with E-state index in [1.165, 1.54) is 0 Å². The molecule has 16 heavy (non-hydrogen) atoms. The highest BCUT2D eigenvalue weighted by Crippen LogP contribution is 2.07. The molecule has 6 nitrogen and oxygen atoms in total. The topological polar surface area (TPSA) is 76.7 Å². The van der Waals surface area contributed by atoms with E-state index in [2.05, 4.69) is 4.90 Å². The predicted octanol–water partition coefficient (Wildman–Crippen LogP) is -0.390. The van der Waals surface area contributed by atoms with Gasteiger partial charge in [0.25, 0.3) is 0 Å². The van der Waals surface area contributed by atoms with E-state index in [1.54, 1.807) is 19.0 Å². The van der Waals surface area contributed by atoms with E-state index in [4.69, 9.17) is 11.1 Å². The number of nitrogens with zero attached hydrogens (tertiary/aromatic N) is 3. The van der Waals surface area contributed by atoms with E-state index in [1.807, 2.05) is 11.8 Å². The van der Waals surface area contributed by atoms with Crippen LogP contribution in [-0.4, -0.2) is 72.9 Å². The second-order valence-corrected chi connectivity index (χ2v) is 4.33. The molecule has 0 bridgehead atoms. The zero-order valence-electron chi connectivity index (χ0n) is 10.2. The van der Waals surface area contributed by atoms with Crippen molar-refractivity contribution in [3.05, 3.63) is 0 Å². The van der Waals surface area contributed by atoms with Gasteiger partial charge in [-0.05, 0) is 6.92 Å². The zero-order valence-corrected chi connectivity index (χ0v) is 10.2. The van der Waals surface area contributed by atoms with E-state index in [9.17, 15) is 4.79 Å². The highest BCUT2D eigenvalue weighted by atomic mass is 16.2. The molecule has 1 aliphatic heterocycles. The molecule has 0 aromatic heterocycles. The maximum atomic E-state index is 11.7. The van der Waals surface area contributed by atoms with Crippen molar-refractivity contribution in [2.24, 2.45) is 5.73 Å². The van der Waals surface area contributed by atoms with Gasteiger partial charge in [-0.25, -0.2) is 4.79 Å². The molecular weight excluding hydrogens is 206 g/mol.